The van der Waals surface area contributed by atoms with Gasteiger partial charge in [0.2, 0.25) is 0 Å². The molecule has 2 aromatic rings. The van der Waals surface area contributed by atoms with Crippen molar-refractivity contribution in [3.63, 3.8) is 0 Å². The van der Waals surface area contributed by atoms with Crippen molar-refractivity contribution in [2.24, 2.45) is 0 Å². The van der Waals surface area contributed by atoms with E-state index in [1.54, 1.807) is 12.3 Å². The lowest BCUT2D eigenvalue weighted by Gasteiger charge is -2.15. The molecule has 0 bridgehead atoms. The van der Waals surface area contributed by atoms with E-state index in [9.17, 15) is 9.59 Å². The van der Waals surface area contributed by atoms with Gasteiger partial charge in [0, 0.05) is 40.0 Å². The van der Waals surface area contributed by atoms with Crippen LogP contribution in [0.25, 0.3) is 5.57 Å². The number of hydrogen-bond donors (Lipinski definition) is 0. The fourth-order valence-electron chi connectivity index (χ4n) is 2.90. The maximum atomic E-state index is 12.7. The van der Waals surface area contributed by atoms with E-state index in [1.165, 1.54) is 6.20 Å². The highest BCUT2D eigenvalue weighted by molar-refractivity contribution is 9.10. The number of carbonyl (C=O) groups is 2. The Balaban J connectivity index is 2.00. The standard InChI is InChI=1S/C16H8BrNO2/c17-9-2-1-8-5-12-14(11(8)6-9)16(20)13-7-18-4-3-10(13)15(12)19/h1-4,6-7H,5H2. The highest BCUT2D eigenvalue weighted by Gasteiger charge is 2.37. The molecule has 4 heteroatoms. The Hall–Kier alpha value is -2.07. The third-order valence-corrected chi connectivity index (χ3v) is 4.31. The molecule has 0 amide bonds. The fourth-order valence-corrected chi connectivity index (χ4v) is 3.26. The minimum Gasteiger partial charge on any atom is -0.289 e. The molecule has 0 fully saturated rings. The molecule has 0 saturated carbocycles. The Bertz CT molecular complexity index is 836. The molecule has 1 aromatic carbocycles. The van der Waals surface area contributed by atoms with Crippen LogP contribution in [0.15, 0.2) is 46.7 Å². The number of carbonyl (C=O) groups excluding carboxylic acids is 2. The Morgan fingerprint density at radius 1 is 1.00 bits per heavy atom. The number of fused-ring (bicyclic) bond motifs is 3. The van der Waals surface area contributed by atoms with Crippen molar-refractivity contribution in [1.82, 2.24) is 4.98 Å². The van der Waals surface area contributed by atoms with Crippen LogP contribution in [0.1, 0.15) is 31.8 Å². The van der Waals surface area contributed by atoms with Crippen molar-refractivity contribution >= 4 is 33.1 Å². The van der Waals surface area contributed by atoms with Gasteiger partial charge in [0.25, 0.3) is 0 Å². The number of ketones is 2. The SMILES string of the molecule is O=C1C2=C(C(=O)c3cnccc31)c1cc(Br)ccc1C2. The summed E-state index contributed by atoms with van der Waals surface area (Å²) >= 11 is 3.42. The number of nitrogens with zero attached hydrogens (tertiary/aromatic N) is 1. The van der Waals surface area contributed by atoms with E-state index in [2.05, 4.69) is 20.9 Å². The van der Waals surface area contributed by atoms with E-state index >= 15 is 0 Å². The number of rotatable bonds is 0. The minimum absolute atomic E-state index is 0.0516. The average Bonchev–Trinajstić information content (AvgIpc) is 2.84. The third-order valence-electron chi connectivity index (χ3n) is 3.82. The van der Waals surface area contributed by atoms with E-state index in [0.717, 1.165) is 15.6 Å². The lowest BCUT2D eigenvalue weighted by molar-refractivity contribution is 0.0991. The Kier molecular flexibility index (Phi) is 2.32. The summed E-state index contributed by atoms with van der Waals surface area (Å²) in [6.07, 6.45) is 3.56. The summed E-state index contributed by atoms with van der Waals surface area (Å²) in [4.78, 5) is 29.2. The maximum Gasteiger partial charge on any atom is 0.196 e. The first-order chi connectivity index (χ1) is 9.66. The van der Waals surface area contributed by atoms with Crippen LogP contribution in [-0.4, -0.2) is 16.6 Å². The number of Topliss-reactive ketones (excluding diaryl/α,β-unsaturated/α-hetero) is 2. The maximum absolute atomic E-state index is 12.7. The summed E-state index contributed by atoms with van der Waals surface area (Å²) in [6, 6.07) is 7.42. The van der Waals surface area contributed by atoms with Crippen LogP contribution in [0, 0.1) is 0 Å². The van der Waals surface area contributed by atoms with Crippen molar-refractivity contribution in [2.75, 3.05) is 0 Å². The molecule has 1 aromatic heterocycles. The molecule has 0 unspecified atom stereocenters. The van der Waals surface area contributed by atoms with Crippen LogP contribution >= 0.6 is 15.9 Å². The van der Waals surface area contributed by atoms with Gasteiger partial charge in [-0.15, -0.1) is 0 Å². The minimum atomic E-state index is -0.0976. The molecule has 0 saturated heterocycles. The molecule has 2 aliphatic rings. The molecule has 0 radical (unpaired) electrons. The van der Waals surface area contributed by atoms with Gasteiger partial charge in [0.15, 0.2) is 11.6 Å². The second kappa shape index (κ2) is 3.96. The lowest BCUT2D eigenvalue weighted by Crippen LogP contribution is -2.19. The van der Waals surface area contributed by atoms with Crippen molar-refractivity contribution in [3.8, 4) is 0 Å². The predicted molar refractivity (Wildman–Crippen MR) is 77.7 cm³/mol. The zero-order valence-electron chi connectivity index (χ0n) is 10.3. The normalized spacial score (nSPS) is 16.1. The highest BCUT2D eigenvalue weighted by Crippen LogP contribution is 2.41. The first kappa shape index (κ1) is 11.7. The molecule has 2 aliphatic carbocycles. The molecular formula is C16H8BrNO2. The highest BCUT2D eigenvalue weighted by atomic mass is 79.9. The van der Waals surface area contributed by atoms with Gasteiger partial charge in [-0.25, -0.2) is 0 Å². The number of halogens is 1. The molecule has 0 spiro atoms. The number of allylic oxidation sites excluding steroid dienone is 2. The average molecular weight is 326 g/mol. The van der Waals surface area contributed by atoms with E-state index in [4.69, 9.17) is 0 Å². The molecule has 0 N–H and O–H groups in total. The van der Waals surface area contributed by atoms with Crippen LogP contribution in [0.5, 0.6) is 0 Å². The van der Waals surface area contributed by atoms with Gasteiger partial charge in [-0.2, -0.15) is 0 Å². The van der Waals surface area contributed by atoms with Gasteiger partial charge < -0.3 is 0 Å². The van der Waals surface area contributed by atoms with Gasteiger partial charge >= 0.3 is 0 Å². The summed E-state index contributed by atoms with van der Waals surface area (Å²) < 4.78 is 0.905. The third kappa shape index (κ3) is 1.42. The second-order valence-electron chi connectivity index (χ2n) is 4.91. The molecule has 0 atom stereocenters. The van der Waals surface area contributed by atoms with Gasteiger partial charge in [-0.3, -0.25) is 14.6 Å². The summed E-state index contributed by atoms with van der Waals surface area (Å²) in [7, 11) is 0. The lowest BCUT2D eigenvalue weighted by atomic mass is 9.85. The Morgan fingerprint density at radius 3 is 2.70 bits per heavy atom. The number of hydrogen-bond acceptors (Lipinski definition) is 3. The Labute approximate surface area is 123 Å². The first-order valence-electron chi connectivity index (χ1n) is 6.22. The zero-order chi connectivity index (χ0) is 13.9. The van der Waals surface area contributed by atoms with Crippen LogP contribution in [0.4, 0.5) is 0 Å². The molecule has 1 heterocycles. The van der Waals surface area contributed by atoms with E-state index in [1.807, 2.05) is 18.2 Å². The van der Waals surface area contributed by atoms with Crippen molar-refractivity contribution < 1.29 is 9.59 Å². The fraction of sp³-hybridized carbons (Fsp3) is 0.0625. The predicted octanol–water partition coefficient (Wildman–Crippen LogP) is 3.23. The monoisotopic (exact) mass is 325 g/mol. The molecular weight excluding hydrogens is 318 g/mol. The van der Waals surface area contributed by atoms with Crippen molar-refractivity contribution in [2.45, 2.75) is 6.42 Å². The summed E-state index contributed by atoms with van der Waals surface area (Å²) in [5.74, 6) is -0.149. The van der Waals surface area contributed by atoms with Crippen molar-refractivity contribution in [3.05, 3.63) is 69.0 Å². The van der Waals surface area contributed by atoms with Crippen molar-refractivity contribution in [1.29, 1.82) is 0 Å². The number of pyridine rings is 1. The van der Waals surface area contributed by atoms with Gasteiger partial charge in [-0.1, -0.05) is 22.0 Å². The zero-order valence-corrected chi connectivity index (χ0v) is 11.9. The van der Waals surface area contributed by atoms with Crippen LogP contribution in [-0.2, 0) is 6.42 Å². The van der Waals surface area contributed by atoms with E-state index in [0.29, 0.717) is 28.7 Å². The summed E-state index contributed by atoms with van der Waals surface area (Å²) in [6.45, 7) is 0. The smallest absolute Gasteiger partial charge is 0.196 e. The summed E-state index contributed by atoms with van der Waals surface area (Å²) in [5.41, 5.74) is 3.93. The first-order valence-corrected chi connectivity index (χ1v) is 7.01. The van der Waals surface area contributed by atoms with E-state index < -0.39 is 0 Å². The van der Waals surface area contributed by atoms with Gasteiger partial charge in [-0.05, 0) is 29.3 Å². The van der Waals surface area contributed by atoms with Gasteiger partial charge in [0.05, 0.1) is 5.56 Å². The number of aromatic nitrogens is 1. The number of benzene rings is 1. The topological polar surface area (TPSA) is 47.0 Å². The van der Waals surface area contributed by atoms with Crippen LogP contribution in [0.3, 0.4) is 0 Å². The van der Waals surface area contributed by atoms with Crippen LogP contribution < -0.4 is 0 Å². The Morgan fingerprint density at radius 2 is 1.85 bits per heavy atom. The molecule has 4 rings (SSSR count). The van der Waals surface area contributed by atoms with Gasteiger partial charge in [0.1, 0.15) is 0 Å². The van der Waals surface area contributed by atoms with E-state index in [-0.39, 0.29) is 11.6 Å². The van der Waals surface area contributed by atoms with Crippen LogP contribution in [0.2, 0.25) is 0 Å². The summed E-state index contributed by atoms with van der Waals surface area (Å²) in [5, 5.41) is 0. The largest absolute Gasteiger partial charge is 0.289 e. The molecule has 3 nitrogen and oxygen atoms in total. The molecule has 20 heavy (non-hydrogen) atoms. The second-order valence-corrected chi connectivity index (χ2v) is 5.83. The quantitative estimate of drug-likeness (QED) is 0.747. The molecule has 0 aliphatic heterocycles. The molecule has 96 valence electrons.